The maximum atomic E-state index is 12.7. The number of hydrazine groups is 1. The smallest absolute Gasteiger partial charge is 0.267 e. The fraction of sp³-hybridized carbons (Fsp3) is 0.143. The van der Waals surface area contributed by atoms with Crippen LogP contribution in [0.3, 0.4) is 0 Å². The van der Waals surface area contributed by atoms with Crippen molar-refractivity contribution >= 4 is 22.6 Å². The minimum absolute atomic E-state index is 0.0560. The van der Waals surface area contributed by atoms with Crippen LogP contribution >= 0.6 is 0 Å². The summed E-state index contributed by atoms with van der Waals surface area (Å²) in [5.41, 5.74) is 5.86. The normalized spacial score (nSPS) is 10.7. The third kappa shape index (κ3) is 4.17. The van der Waals surface area contributed by atoms with Gasteiger partial charge in [-0.3, -0.25) is 25.2 Å². The van der Waals surface area contributed by atoms with E-state index in [0.717, 1.165) is 5.56 Å². The summed E-state index contributed by atoms with van der Waals surface area (Å²) in [6.45, 7) is 2.61. The fourth-order valence-corrected chi connectivity index (χ4v) is 3.13. The van der Waals surface area contributed by atoms with Gasteiger partial charge in [0.15, 0.2) is 5.69 Å². The Bertz CT molecular complexity index is 1300. The van der Waals surface area contributed by atoms with Gasteiger partial charge in [0, 0.05) is 17.5 Å². The van der Waals surface area contributed by atoms with E-state index < -0.39 is 11.8 Å². The number of rotatable bonds is 5. The summed E-state index contributed by atoms with van der Waals surface area (Å²) < 4.78 is 2.88. The molecule has 0 aliphatic carbocycles. The third-order valence-corrected chi connectivity index (χ3v) is 4.70. The average molecular weight is 417 g/mol. The van der Waals surface area contributed by atoms with E-state index in [0.29, 0.717) is 29.4 Å². The molecule has 2 aromatic carbocycles. The van der Waals surface area contributed by atoms with Crippen molar-refractivity contribution in [2.75, 3.05) is 0 Å². The number of fused-ring (bicyclic) bond motifs is 1. The first-order chi connectivity index (χ1) is 15.1. The molecule has 2 amide bonds. The lowest BCUT2D eigenvalue weighted by molar-refractivity contribution is 0.0843. The van der Waals surface area contributed by atoms with Gasteiger partial charge in [-0.1, -0.05) is 30.3 Å². The van der Waals surface area contributed by atoms with Crippen LogP contribution in [-0.4, -0.2) is 36.4 Å². The second-order valence-corrected chi connectivity index (χ2v) is 6.71. The monoisotopic (exact) mass is 417 g/mol. The number of nitrogens with one attached hydrogen (secondary N) is 2. The summed E-state index contributed by atoms with van der Waals surface area (Å²) in [5.74, 6) is -1.09. The Hall–Kier alpha value is -4.34. The van der Waals surface area contributed by atoms with Gasteiger partial charge >= 0.3 is 0 Å². The molecule has 2 N–H and O–H groups in total. The van der Waals surface area contributed by atoms with Crippen molar-refractivity contribution in [1.82, 2.24) is 35.4 Å². The highest BCUT2D eigenvalue weighted by molar-refractivity contribution is 6.06. The predicted octanol–water partition coefficient (Wildman–Crippen LogP) is 1.13. The highest BCUT2D eigenvalue weighted by Crippen LogP contribution is 2.13. The Morgan fingerprint density at radius 2 is 1.68 bits per heavy atom. The van der Waals surface area contributed by atoms with Crippen molar-refractivity contribution in [2.45, 2.75) is 20.0 Å². The molecule has 0 radical (unpaired) electrons. The molecule has 10 nitrogen and oxygen atoms in total. The molecule has 2 heterocycles. The van der Waals surface area contributed by atoms with Crippen molar-refractivity contribution in [3.63, 3.8) is 0 Å². The quantitative estimate of drug-likeness (QED) is 0.469. The van der Waals surface area contributed by atoms with Crippen LogP contribution in [0.2, 0.25) is 0 Å². The molecule has 2 aromatic heterocycles. The number of aromatic nitrogens is 5. The topological polar surface area (TPSA) is 124 Å². The van der Waals surface area contributed by atoms with Crippen molar-refractivity contribution < 1.29 is 9.59 Å². The number of hydrogen-bond donors (Lipinski definition) is 2. The highest BCUT2D eigenvalue weighted by atomic mass is 16.2. The molecule has 0 aliphatic heterocycles. The number of benzene rings is 2. The van der Waals surface area contributed by atoms with Crippen LogP contribution in [0.15, 0.2) is 66.0 Å². The maximum Gasteiger partial charge on any atom is 0.290 e. The van der Waals surface area contributed by atoms with Crippen LogP contribution in [0.1, 0.15) is 33.3 Å². The molecule has 4 rings (SSSR count). The number of aryl methyl sites for hydroxylation is 1. The van der Waals surface area contributed by atoms with Gasteiger partial charge in [0.2, 0.25) is 0 Å². The van der Waals surface area contributed by atoms with Crippen molar-refractivity contribution in [3.05, 3.63) is 88.4 Å². The van der Waals surface area contributed by atoms with Crippen LogP contribution in [0.4, 0.5) is 0 Å². The largest absolute Gasteiger partial charge is 0.290 e. The van der Waals surface area contributed by atoms with Gasteiger partial charge in [-0.25, -0.2) is 14.3 Å². The van der Waals surface area contributed by atoms with Crippen LogP contribution < -0.4 is 16.4 Å². The van der Waals surface area contributed by atoms with Gasteiger partial charge in [-0.05, 0) is 30.7 Å². The number of hydrogen-bond acceptors (Lipinski definition) is 6. The number of nitrogens with zero attached hydrogens (tertiary/aromatic N) is 5. The van der Waals surface area contributed by atoms with E-state index in [-0.39, 0.29) is 11.3 Å². The fourth-order valence-electron chi connectivity index (χ4n) is 3.13. The molecule has 0 unspecified atom stereocenters. The summed E-state index contributed by atoms with van der Waals surface area (Å²) in [4.78, 5) is 41.4. The SMILES string of the molecule is CCn1nc(C(=O)NNC(=O)c2ccc(Cn3cncn3)cc2)c2ccccc2c1=O. The Labute approximate surface area is 176 Å². The molecule has 4 aromatic rings. The van der Waals surface area contributed by atoms with Gasteiger partial charge in [0.05, 0.1) is 11.9 Å². The molecule has 0 bridgehead atoms. The van der Waals surface area contributed by atoms with E-state index in [1.54, 1.807) is 66.5 Å². The van der Waals surface area contributed by atoms with Gasteiger partial charge in [0.1, 0.15) is 12.7 Å². The Morgan fingerprint density at radius 3 is 2.35 bits per heavy atom. The van der Waals surface area contributed by atoms with Crippen molar-refractivity contribution in [1.29, 1.82) is 0 Å². The Morgan fingerprint density at radius 1 is 0.968 bits per heavy atom. The van der Waals surface area contributed by atoms with Crippen LogP contribution in [0, 0.1) is 0 Å². The van der Waals surface area contributed by atoms with E-state index in [1.165, 1.54) is 11.0 Å². The summed E-state index contributed by atoms with van der Waals surface area (Å²) in [6.07, 6.45) is 3.06. The predicted molar refractivity (Wildman–Crippen MR) is 112 cm³/mol. The molecule has 0 atom stereocenters. The van der Waals surface area contributed by atoms with Crippen LogP contribution in [0.5, 0.6) is 0 Å². The maximum absolute atomic E-state index is 12.7. The number of carbonyl (C=O) groups excluding carboxylic acids is 2. The van der Waals surface area contributed by atoms with Gasteiger partial charge in [0.25, 0.3) is 17.4 Å². The first-order valence-corrected chi connectivity index (χ1v) is 9.58. The molecule has 156 valence electrons. The molecule has 0 fully saturated rings. The molecule has 0 aliphatic rings. The lowest BCUT2D eigenvalue weighted by atomic mass is 10.1. The zero-order valence-corrected chi connectivity index (χ0v) is 16.6. The summed E-state index contributed by atoms with van der Waals surface area (Å²) >= 11 is 0. The second kappa shape index (κ2) is 8.57. The number of amides is 2. The highest BCUT2D eigenvalue weighted by Gasteiger charge is 2.17. The summed E-state index contributed by atoms with van der Waals surface area (Å²) in [7, 11) is 0. The van der Waals surface area contributed by atoms with Gasteiger partial charge in [-0.15, -0.1) is 0 Å². The van der Waals surface area contributed by atoms with E-state index in [2.05, 4.69) is 26.0 Å². The molecule has 0 saturated carbocycles. The Balaban J connectivity index is 1.47. The van der Waals surface area contributed by atoms with Gasteiger partial charge < -0.3 is 0 Å². The third-order valence-electron chi connectivity index (χ3n) is 4.70. The number of carbonyl (C=O) groups is 2. The standard InChI is InChI=1S/C21H19N7O3/c1-2-28-21(31)17-6-4-3-5-16(17)18(26-28)20(30)25-24-19(29)15-9-7-14(8-10-15)11-27-13-22-12-23-27/h3-10,12-13H,2,11H2,1H3,(H,24,29)(H,25,30). The molecule has 0 spiro atoms. The molecule has 31 heavy (non-hydrogen) atoms. The van der Waals surface area contributed by atoms with E-state index in [4.69, 9.17) is 0 Å². The lowest BCUT2D eigenvalue weighted by Gasteiger charge is -2.11. The molecular weight excluding hydrogens is 398 g/mol. The minimum atomic E-state index is -0.616. The van der Waals surface area contributed by atoms with E-state index in [9.17, 15) is 14.4 Å². The first kappa shape index (κ1) is 20.0. The second-order valence-electron chi connectivity index (χ2n) is 6.71. The Kier molecular flexibility index (Phi) is 5.52. The average Bonchev–Trinajstić information content (AvgIpc) is 3.31. The van der Waals surface area contributed by atoms with Gasteiger partial charge in [-0.2, -0.15) is 10.2 Å². The summed E-state index contributed by atoms with van der Waals surface area (Å²) in [5, 5.41) is 8.99. The van der Waals surface area contributed by atoms with Crippen LogP contribution in [0.25, 0.3) is 10.8 Å². The van der Waals surface area contributed by atoms with Crippen LogP contribution in [-0.2, 0) is 13.1 Å². The molecule has 10 heteroatoms. The summed E-state index contributed by atoms with van der Waals surface area (Å²) in [6, 6.07) is 13.6. The van der Waals surface area contributed by atoms with E-state index >= 15 is 0 Å². The van der Waals surface area contributed by atoms with E-state index in [1.807, 2.05) is 0 Å². The zero-order valence-electron chi connectivity index (χ0n) is 16.6. The minimum Gasteiger partial charge on any atom is -0.267 e. The first-order valence-electron chi connectivity index (χ1n) is 9.58. The lowest BCUT2D eigenvalue weighted by Crippen LogP contribution is -2.42. The molecular formula is C21H19N7O3. The van der Waals surface area contributed by atoms with Crippen molar-refractivity contribution in [2.24, 2.45) is 0 Å². The zero-order chi connectivity index (χ0) is 21.8. The molecule has 0 saturated heterocycles. The van der Waals surface area contributed by atoms with Crippen molar-refractivity contribution in [3.8, 4) is 0 Å².